The first-order chi connectivity index (χ1) is 24.3. The number of carbonyl (C=O) groups is 3. The zero-order valence-electron chi connectivity index (χ0n) is 29.2. The van der Waals surface area contributed by atoms with E-state index in [0.717, 1.165) is 31.9 Å². The minimum absolute atomic E-state index is 0.0865. The quantitative estimate of drug-likeness (QED) is 0.176. The predicted octanol–water partition coefficient (Wildman–Crippen LogP) is 5.42. The number of nitrogens with zero attached hydrogens (tertiary/aromatic N) is 10. The minimum Gasteiger partial charge on any atom is -0.310 e. The van der Waals surface area contributed by atoms with Crippen molar-refractivity contribution in [2.75, 3.05) is 58.9 Å². The zero-order chi connectivity index (χ0) is 35.3. The van der Waals surface area contributed by atoms with Gasteiger partial charge in [-0.15, -0.1) is 0 Å². The molecule has 5 heterocycles. The van der Waals surface area contributed by atoms with Crippen LogP contribution in [0.15, 0.2) is 83.5 Å². The molecule has 7 rings (SSSR count). The van der Waals surface area contributed by atoms with Gasteiger partial charge in [-0.3, -0.25) is 19.4 Å². The molecule has 1 saturated heterocycles. The number of aromatic nitrogens is 4. The summed E-state index contributed by atoms with van der Waals surface area (Å²) in [6.45, 7) is 14.0. The number of anilines is 4. The van der Waals surface area contributed by atoms with E-state index in [0.29, 0.717) is 66.7 Å². The third-order valence-electron chi connectivity index (χ3n) is 9.33. The van der Waals surface area contributed by atoms with Gasteiger partial charge in [0, 0.05) is 44.8 Å². The Morgan fingerprint density at radius 1 is 0.480 bits per heavy atom. The molecule has 0 N–H and O–H groups in total. The summed E-state index contributed by atoms with van der Waals surface area (Å²) in [5, 5.41) is 0. The van der Waals surface area contributed by atoms with Crippen molar-refractivity contribution >= 4 is 63.2 Å². The molecular weight excluding hydrogens is 632 g/mol. The molecule has 256 valence electrons. The lowest BCUT2D eigenvalue weighted by molar-refractivity contribution is -0.135. The van der Waals surface area contributed by atoms with Gasteiger partial charge in [0.2, 0.25) is 0 Å². The molecule has 2 aromatic heterocycles. The van der Waals surface area contributed by atoms with Crippen LogP contribution in [0, 0.1) is 0 Å². The molecule has 0 bridgehead atoms. The fraction of sp³-hybridized carbons (Fsp3) is 0.324. The van der Waals surface area contributed by atoms with Gasteiger partial charge in [-0.2, -0.15) is 0 Å². The summed E-state index contributed by atoms with van der Waals surface area (Å²) in [4.78, 5) is 72.1. The second-order valence-corrected chi connectivity index (χ2v) is 11.9. The van der Waals surface area contributed by atoms with Crippen LogP contribution in [0.3, 0.4) is 0 Å². The SMILES string of the molecule is CCN1C(=O)C(=C(C=C2N(CC)c3nc4ccccc4nc3N2CC)C=C2N(CC)c3nc4ccccc4nc3N2CC)C(=O)N(CC)C1=O. The van der Waals surface area contributed by atoms with Crippen LogP contribution in [0.25, 0.3) is 22.1 Å². The lowest BCUT2D eigenvalue weighted by atomic mass is 10.0. The van der Waals surface area contributed by atoms with Crippen LogP contribution >= 0.6 is 0 Å². The summed E-state index contributed by atoms with van der Waals surface area (Å²) in [7, 11) is 0. The second-order valence-electron chi connectivity index (χ2n) is 11.9. The largest absolute Gasteiger partial charge is 0.333 e. The normalized spacial score (nSPS) is 16.0. The maximum absolute atomic E-state index is 14.2. The van der Waals surface area contributed by atoms with E-state index in [9.17, 15) is 14.4 Å². The van der Waals surface area contributed by atoms with E-state index in [1.54, 1.807) is 13.8 Å². The Labute approximate surface area is 290 Å². The van der Waals surface area contributed by atoms with Gasteiger partial charge in [0.25, 0.3) is 11.8 Å². The molecule has 4 aromatic rings. The van der Waals surface area contributed by atoms with Gasteiger partial charge in [0.05, 0.1) is 22.1 Å². The van der Waals surface area contributed by atoms with Gasteiger partial charge < -0.3 is 19.6 Å². The van der Waals surface area contributed by atoms with E-state index in [1.165, 1.54) is 0 Å². The van der Waals surface area contributed by atoms with Crippen LogP contribution in [0.1, 0.15) is 41.5 Å². The molecule has 3 aliphatic rings. The van der Waals surface area contributed by atoms with Gasteiger partial charge >= 0.3 is 6.03 Å². The number of urea groups is 1. The average Bonchev–Trinajstić information content (AvgIpc) is 3.58. The molecule has 0 aliphatic carbocycles. The third kappa shape index (κ3) is 4.94. The number of likely N-dealkylation sites (N-methyl/N-ethyl adjacent to an activating group) is 2. The number of rotatable bonds is 8. The molecule has 3 aliphatic heterocycles. The molecular formula is C37H40N10O3. The number of hydrogen-bond acceptors (Lipinski definition) is 11. The van der Waals surface area contributed by atoms with Crippen LogP contribution in [0.5, 0.6) is 0 Å². The highest BCUT2D eigenvalue weighted by Crippen LogP contribution is 2.43. The summed E-state index contributed by atoms with van der Waals surface area (Å²) in [5.74, 6) is 2.92. The van der Waals surface area contributed by atoms with Gasteiger partial charge in [0.1, 0.15) is 17.2 Å². The van der Waals surface area contributed by atoms with Crippen molar-refractivity contribution in [3.63, 3.8) is 0 Å². The molecule has 0 spiro atoms. The number of imide groups is 2. The minimum atomic E-state index is -0.636. The van der Waals surface area contributed by atoms with E-state index in [2.05, 4.69) is 0 Å². The van der Waals surface area contributed by atoms with Crippen LogP contribution in [0.2, 0.25) is 0 Å². The smallest absolute Gasteiger partial charge is 0.310 e. The Kier molecular flexibility index (Phi) is 8.42. The number of allylic oxidation sites excluding steroid dienone is 3. The van der Waals surface area contributed by atoms with Crippen LogP contribution in [-0.4, -0.2) is 86.8 Å². The van der Waals surface area contributed by atoms with E-state index < -0.39 is 17.8 Å². The monoisotopic (exact) mass is 672 g/mol. The second kappa shape index (κ2) is 12.9. The Bertz CT molecular complexity index is 1910. The Hall–Kier alpha value is -5.85. The first-order valence-electron chi connectivity index (χ1n) is 17.3. The molecule has 1 fully saturated rings. The highest BCUT2D eigenvalue weighted by Gasteiger charge is 2.43. The van der Waals surface area contributed by atoms with E-state index >= 15 is 0 Å². The molecule has 13 heteroatoms. The predicted molar refractivity (Wildman–Crippen MR) is 195 cm³/mol. The Morgan fingerprint density at radius 2 is 0.760 bits per heavy atom. The first kappa shape index (κ1) is 32.7. The molecule has 4 amide bonds. The number of hydrogen-bond donors (Lipinski definition) is 0. The highest BCUT2D eigenvalue weighted by molar-refractivity contribution is 6.29. The topological polar surface area (TPSA) is 122 Å². The molecule has 0 saturated carbocycles. The summed E-state index contributed by atoms with van der Waals surface area (Å²) in [6.07, 6.45) is 3.72. The van der Waals surface area contributed by atoms with Gasteiger partial charge in [0.15, 0.2) is 23.3 Å². The standard InChI is InChI=1S/C37H40N10O3/c1-7-42-28(43(8-2)32-31(42)38-24-17-13-14-18-25(24)39-32)21-23(30-35(48)46(11-5)37(50)47(12-6)36(30)49)22-29-44(9-3)33-34(45(29)10-4)41-27-20-16-15-19-26(27)40-33/h13-22H,7-12H2,1-6H3. The molecule has 0 radical (unpaired) electrons. The number of amides is 4. The van der Waals surface area contributed by atoms with Crippen molar-refractivity contribution < 1.29 is 14.4 Å². The molecule has 0 unspecified atom stereocenters. The van der Waals surface area contributed by atoms with E-state index in [1.807, 2.05) is 108 Å². The van der Waals surface area contributed by atoms with Crippen molar-refractivity contribution in [2.45, 2.75) is 41.5 Å². The van der Waals surface area contributed by atoms with Crippen molar-refractivity contribution in [1.82, 2.24) is 29.7 Å². The summed E-state index contributed by atoms with van der Waals surface area (Å²) < 4.78 is 0. The zero-order valence-corrected chi connectivity index (χ0v) is 29.2. The van der Waals surface area contributed by atoms with E-state index in [4.69, 9.17) is 19.9 Å². The lowest BCUT2D eigenvalue weighted by Crippen LogP contribution is -2.56. The van der Waals surface area contributed by atoms with E-state index in [-0.39, 0.29) is 18.7 Å². The van der Waals surface area contributed by atoms with Crippen LogP contribution < -0.4 is 19.6 Å². The number of para-hydroxylation sites is 4. The van der Waals surface area contributed by atoms with Crippen LogP contribution in [-0.2, 0) is 9.59 Å². The van der Waals surface area contributed by atoms with Crippen molar-refractivity contribution in [3.8, 4) is 0 Å². The number of fused-ring (bicyclic) bond motifs is 4. The molecule has 50 heavy (non-hydrogen) atoms. The summed E-state index contributed by atoms with van der Waals surface area (Å²) >= 11 is 0. The fourth-order valence-corrected chi connectivity index (χ4v) is 6.92. The maximum atomic E-state index is 14.2. The number of benzene rings is 2. The fourth-order valence-electron chi connectivity index (χ4n) is 6.92. The van der Waals surface area contributed by atoms with Crippen molar-refractivity contribution in [1.29, 1.82) is 0 Å². The van der Waals surface area contributed by atoms with Crippen molar-refractivity contribution in [3.05, 3.63) is 83.5 Å². The third-order valence-corrected chi connectivity index (χ3v) is 9.33. The first-order valence-corrected chi connectivity index (χ1v) is 17.3. The lowest BCUT2D eigenvalue weighted by Gasteiger charge is -2.33. The summed E-state index contributed by atoms with van der Waals surface area (Å²) in [6, 6.07) is 14.9. The molecule has 0 atom stereocenters. The Morgan fingerprint density at radius 3 is 1.02 bits per heavy atom. The average molecular weight is 673 g/mol. The highest BCUT2D eigenvalue weighted by atomic mass is 16.2. The number of carbonyl (C=O) groups excluding carboxylic acids is 3. The van der Waals surface area contributed by atoms with Gasteiger partial charge in [-0.25, -0.2) is 24.7 Å². The number of barbiturate groups is 1. The molecule has 2 aromatic carbocycles. The van der Waals surface area contributed by atoms with Gasteiger partial charge in [-0.1, -0.05) is 24.3 Å². The van der Waals surface area contributed by atoms with Gasteiger partial charge in [-0.05, 0) is 78.0 Å². The Balaban J connectivity index is 1.49. The summed E-state index contributed by atoms with van der Waals surface area (Å²) in [5.41, 5.74) is 3.34. The van der Waals surface area contributed by atoms with Crippen LogP contribution in [0.4, 0.5) is 28.1 Å². The van der Waals surface area contributed by atoms with Crippen molar-refractivity contribution in [2.24, 2.45) is 0 Å². The maximum Gasteiger partial charge on any atom is 0.333 e. The molecule has 13 nitrogen and oxygen atoms in total.